The Bertz CT molecular complexity index is 812. The van der Waals surface area contributed by atoms with Gasteiger partial charge in [-0.15, -0.1) is 11.3 Å². The van der Waals surface area contributed by atoms with E-state index in [1.807, 2.05) is 35.2 Å². The summed E-state index contributed by atoms with van der Waals surface area (Å²) in [5.41, 5.74) is 3.12. The summed E-state index contributed by atoms with van der Waals surface area (Å²) in [6.45, 7) is 5.73. The summed E-state index contributed by atoms with van der Waals surface area (Å²) in [4.78, 5) is 28.7. The van der Waals surface area contributed by atoms with Gasteiger partial charge in [-0.25, -0.2) is 0 Å². The van der Waals surface area contributed by atoms with Crippen LogP contribution in [0.4, 0.5) is 5.69 Å². The minimum Gasteiger partial charge on any atom is -0.338 e. The zero-order valence-corrected chi connectivity index (χ0v) is 17.0. The van der Waals surface area contributed by atoms with Crippen molar-refractivity contribution in [2.45, 2.75) is 58.9 Å². The topological polar surface area (TPSA) is 49.4 Å². The minimum absolute atomic E-state index is 0.0525. The molecule has 27 heavy (non-hydrogen) atoms. The molecule has 0 unspecified atom stereocenters. The van der Waals surface area contributed by atoms with Gasteiger partial charge in [0.1, 0.15) is 0 Å². The zero-order valence-electron chi connectivity index (χ0n) is 16.2. The summed E-state index contributed by atoms with van der Waals surface area (Å²) < 4.78 is 0. The molecule has 3 rings (SSSR count). The van der Waals surface area contributed by atoms with Crippen molar-refractivity contribution in [2.24, 2.45) is 0 Å². The van der Waals surface area contributed by atoms with Gasteiger partial charge in [-0.1, -0.05) is 32.4 Å². The molecule has 0 atom stereocenters. The molecular weight excluding hydrogens is 356 g/mol. The maximum Gasteiger partial charge on any atom is 0.265 e. The number of rotatable bonds is 7. The fourth-order valence-corrected chi connectivity index (χ4v) is 4.76. The Kier molecular flexibility index (Phi) is 6.67. The molecule has 0 saturated carbocycles. The summed E-state index contributed by atoms with van der Waals surface area (Å²) in [6, 6.07) is 9.86. The van der Waals surface area contributed by atoms with Crippen molar-refractivity contribution in [1.82, 2.24) is 4.90 Å². The molecule has 0 spiro atoms. The number of thiophene rings is 1. The summed E-state index contributed by atoms with van der Waals surface area (Å²) in [7, 11) is 0. The highest BCUT2D eigenvalue weighted by atomic mass is 32.1. The average molecular weight is 385 g/mol. The van der Waals surface area contributed by atoms with Crippen LogP contribution in [0, 0.1) is 0 Å². The molecule has 1 aromatic carbocycles. The number of amides is 2. The van der Waals surface area contributed by atoms with Crippen LogP contribution in [0.2, 0.25) is 0 Å². The van der Waals surface area contributed by atoms with Crippen LogP contribution >= 0.6 is 11.3 Å². The number of carbonyl (C=O) groups excluding carboxylic acids is 2. The number of piperidine rings is 1. The van der Waals surface area contributed by atoms with E-state index in [1.54, 1.807) is 11.3 Å². The van der Waals surface area contributed by atoms with Crippen molar-refractivity contribution in [1.29, 1.82) is 0 Å². The van der Waals surface area contributed by atoms with Gasteiger partial charge >= 0.3 is 0 Å². The minimum atomic E-state index is -0.0525. The van der Waals surface area contributed by atoms with Crippen LogP contribution in [-0.2, 0) is 24.2 Å². The van der Waals surface area contributed by atoms with Gasteiger partial charge < -0.3 is 10.2 Å². The molecule has 1 fully saturated rings. The molecule has 5 heteroatoms. The third-order valence-electron chi connectivity index (χ3n) is 4.96. The van der Waals surface area contributed by atoms with Gasteiger partial charge in [0.25, 0.3) is 5.91 Å². The Hall–Kier alpha value is -2.14. The van der Waals surface area contributed by atoms with Gasteiger partial charge in [0, 0.05) is 30.1 Å². The Labute approximate surface area is 165 Å². The molecule has 1 aromatic heterocycles. The van der Waals surface area contributed by atoms with E-state index in [1.165, 1.54) is 10.4 Å². The van der Waals surface area contributed by atoms with Gasteiger partial charge in [0.05, 0.1) is 4.88 Å². The molecular formula is C22H28N2O2S. The molecule has 1 aliphatic rings. The smallest absolute Gasteiger partial charge is 0.265 e. The first kappa shape index (κ1) is 19.6. The maximum atomic E-state index is 12.7. The van der Waals surface area contributed by atoms with Crippen molar-refractivity contribution >= 4 is 28.8 Å². The first-order chi connectivity index (χ1) is 13.1. The molecule has 4 nitrogen and oxygen atoms in total. The Morgan fingerprint density at radius 2 is 2.07 bits per heavy atom. The van der Waals surface area contributed by atoms with Gasteiger partial charge in [0.15, 0.2) is 0 Å². The van der Waals surface area contributed by atoms with Crippen molar-refractivity contribution in [3.05, 3.63) is 51.2 Å². The highest BCUT2D eigenvalue weighted by molar-refractivity contribution is 7.14. The van der Waals surface area contributed by atoms with Crippen LogP contribution in [-0.4, -0.2) is 23.3 Å². The molecule has 2 aromatic rings. The molecule has 1 aliphatic heterocycles. The predicted octanol–water partition coefficient (Wildman–Crippen LogP) is 5.03. The number of hydrogen-bond acceptors (Lipinski definition) is 3. The van der Waals surface area contributed by atoms with Gasteiger partial charge in [-0.3, -0.25) is 9.59 Å². The number of likely N-dealkylation sites (tertiary alicyclic amines) is 1. The molecule has 2 amide bonds. The van der Waals surface area contributed by atoms with Gasteiger partial charge in [-0.05, 0) is 55.0 Å². The van der Waals surface area contributed by atoms with Crippen LogP contribution in [0.15, 0.2) is 30.3 Å². The molecule has 144 valence electrons. The lowest BCUT2D eigenvalue weighted by molar-refractivity contribution is -0.133. The third kappa shape index (κ3) is 4.98. The van der Waals surface area contributed by atoms with Gasteiger partial charge in [0.2, 0.25) is 5.91 Å². The highest BCUT2D eigenvalue weighted by Gasteiger charge is 2.18. The normalized spacial score (nSPS) is 14.4. The fourth-order valence-electron chi connectivity index (χ4n) is 3.51. The van der Waals surface area contributed by atoms with Crippen molar-refractivity contribution in [2.75, 3.05) is 11.9 Å². The second-order valence-corrected chi connectivity index (χ2v) is 8.23. The number of hydrogen-bond donors (Lipinski definition) is 1. The van der Waals surface area contributed by atoms with Gasteiger partial charge in [-0.2, -0.15) is 0 Å². The first-order valence-electron chi connectivity index (χ1n) is 9.90. The quantitative estimate of drug-likeness (QED) is 0.728. The van der Waals surface area contributed by atoms with Crippen molar-refractivity contribution in [3.63, 3.8) is 0 Å². The van der Waals surface area contributed by atoms with E-state index in [0.717, 1.165) is 54.8 Å². The summed E-state index contributed by atoms with van der Waals surface area (Å²) >= 11 is 1.60. The van der Waals surface area contributed by atoms with Crippen molar-refractivity contribution < 1.29 is 9.59 Å². The summed E-state index contributed by atoms with van der Waals surface area (Å²) in [6.07, 6.45) is 5.78. The summed E-state index contributed by atoms with van der Waals surface area (Å²) in [5, 5.41) is 3.02. The second-order valence-electron chi connectivity index (χ2n) is 7.09. The van der Waals surface area contributed by atoms with E-state index in [4.69, 9.17) is 0 Å². The number of benzene rings is 1. The lowest BCUT2D eigenvalue weighted by Gasteiger charge is -2.26. The molecule has 1 N–H and O–H groups in total. The number of carbonyl (C=O) groups is 2. The van der Waals surface area contributed by atoms with E-state index in [2.05, 4.69) is 19.2 Å². The van der Waals surface area contributed by atoms with Crippen molar-refractivity contribution in [3.8, 4) is 0 Å². The predicted molar refractivity (Wildman–Crippen MR) is 111 cm³/mol. The maximum absolute atomic E-state index is 12.7. The van der Waals surface area contributed by atoms with E-state index in [9.17, 15) is 9.59 Å². The lowest BCUT2D eigenvalue weighted by atomic mass is 10.1. The number of aryl methyl sites for hydroxylation is 2. The second kappa shape index (κ2) is 9.18. The zero-order chi connectivity index (χ0) is 19.2. The number of nitrogens with zero attached hydrogens (tertiary/aromatic N) is 1. The standard InChI is InChI=1S/C22H28N2O2S/c1-3-8-19-17(4-2)14-20(27-19)22(26)23-18-10-7-9-16(13-18)15-24-12-6-5-11-21(24)25/h7,9-10,13-14H,3-6,8,11-12,15H2,1-2H3,(H,23,26). The fraction of sp³-hybridized carbons (Fsp3) is 0.455. The summed E-state index contributed by atoms with van der Waals surface area (Å²) in [5.74, 6) is 0.174. The Morgan fingerprint density at radius 1 is 1.22 bits per heavy atom. The van der Waals surface area contributed by atoms with E-state index in [0.29, 0.717) is 13.0 Å². The van der Waals surface area contributed by atoms with E-state index < -0.39 is 0 Å². The van der Waals surface area contributed by atoms with Crippen LogP contribution in [0.1, 0.15) is 65.2 Å². The van der Waals surface area contributed by atoms with Crippen LogP contribution in [0.25, 0.3) is 0 Å². The Morgan fingerprint density at radius 3 is 2.81 bits per heavy atom. The number of nitrogens with one attached hydrogen (secondary N) is 1. The average Bonchev–Trinajstić information content (AvgIpc) is 3.07. The molecule has 2 heterocycles. The lowest BCUT2D eigenvalue weighted by Crippen LogP contribution is -2.34. The van der Waals surface area contributed by atoms with Crippen LogP contribution < -0.4 is 5.32 Å². The largest absolute Gasteiger partial charge is 0.338 e. The molecule has 0 bridgehead atoms. The van der Waals surface area contributed by atoms with E-state index >= 15 is 0 Å². The van der Waals surface area contributed by atoms with Crippen LogP contribution in [0.3, 0.4) is 0 Å². The van der Waals surface area contributed by atoms with E-state index in [-0.39, 0.29) is 11.8 Å². The van der Waals surface area contributed by atoms with Crippen LogP contribution in [0.5, 0.6) is 0 Å². The third-order valence-corrected chi connectivity index (χ3v) is 6.19. The molecule has 1 saturated heterocycles. The molecule has 0 aliphatic carbocycles. The number of anilines is 1. The SMILES string of the molecule is CCCc1sc(C(=O)Nc2cccc(CN3CCCCC3=O)c2)cc1CC. The first-order valence-corrected chi connectivity index (χ1v) is 10.7. The monoisotopic (exact) mass is 384 g/mol. The Balaban J connectivity index is 1.68. The molecule has 0 radical (unpaired) electrons. The highest BCUT2D eigenvalue weighted by Crippen LogP contribution is 2.26.